The van der Waals surface area contributed by atoms with Gasteiger partial charge >= 0.3 is 5.97 Å². The number of esters is 1. The Morgan fingerprint density at radius 1 is 1.62 bits per heavy atom. The van der Waals surface area contributed by atoms with E-state index in [2.05, 4.69) is 4.74 Å². The Hall–Kier alpha value is -0.220. The summed E-state index contributed by atoms with van der Waals surface area (Å²) in [5.74, 6) is 0.197. The van der Waals surface area contributed by atoms with Crippen LogP contribution in [-0.2, 0) is 9.53 Å². The molecule has 1 N–H and O–H groups in total. The highest BCUT2D eigenvalue weighted by Gasteiger charge is 2.25. The summed E-state index contributed by atoms with van der Waals surface area (Å²) in [6, 6.07) is 0. The average molecular weight is 206 g/mol. The quantitative estimate of drug-likeness (QED) is 0.665. The number of ether oxygens (including phenoxy) is 1. The number of rotatable bonds is 6. The van der Waals surface area contributed by atoms with Crippen LogP contribution in [0.1, 0.15) is 19.8 Å². The molecule has 78 valence electrons. The fraction of sp³-hybridized carbons (Fsp3) is 0.889. The minimum Gasteiger partial charge on any atom is -0.469 e. The Kier molecular flexibility index (Phi) is 7.09. The minimum absolute atomic E-state index is 0.309. The van der Waals surface area contributed by atoms with Gasteiger partial charge in [-0.3, -0.25) is 4.79 Å². The van der Waals surface area contributed by atoms with Gasteiger partial charge in [-0.1, -0.05) is 6.92 Å². The van der Waals surface area contributed by atoms with Crippen molar-refractivity contribution in [2.24, 2.45) is 5.92 Å². The largest absolute Gasteiger partial charge is 0.469 e. The van der Waals surface area contributed by atoms with Crippen LogP contribution in [0.4, 0.5) is 0 Å². The van der Waals surface area contributed by atoms with Gasteiger partial charge in [0.2, 0.25) is 0 Å². The third kappa shape index (κ3) is 4.52. The van der Waals surface area contributed by atoms with Crippen molar-refractivity contribution < 1.29 is 14.6 Å². The monoisotopic (exact) mass is 206 g/mol. The fourth-order valence-corrected chi connectivity index (χ4v) is 1.66. The molecule has 3 nitrogen and oxygen atoms in total. The van der Waals surface area contributed by atoms with E-state index in [0.29, 0.717) is 12.8 Å². The predicted molar refractivity (Wildman–Crippen MR) is 54.8 cm³/mol. The van der Waals surface area contributed by atoms with Crippen molar-refractivity contribution in [3.8, 4) is 0 Å². The third-order valence-corrected chi connectivity index (χ3v) is 2.67. The highest BCUT2D eigenvalue weighted by Crippen LogP contribution is 2.15. The standard InChI is InChI=1S/C9H18O3S/c1-4-7(9(11)12-2)8(10)5-6-13-3/h7-8,10H,4-6H2,1-3H3. The highest BCUT2D eigenvalue weighted by molar-refractivity contribution is 7.98. The van der Waals surface area contributed by atoms with Crippen LogP contribution in [0.15, 0.2) is 0 Å². The van der Waals surface area contributed by atoms with Crippen molar-refractivity contribution in [3.05, 3.63) is 0 Å². The summed E-state index contributed by atoms with van der Waals surface area (Å²) >= 11 is 1.67. The van der Waals surface area contributed by atoms with Gasteiger partial charge in [-0.25, -0.2) is 0 Å². The number of hydrogen-bond acceptors (Lipinski definition) is 4. The molecule has 0 amide bonds. The highest BCUT2D eigenvalue weighted by atomic mass is 32.2. The van der Waals surface area contributed by atoms with Gasteiger partial charge in [0, 0.05) is 0 Å². The van der Waals surface area contributed by atoms with Crippen LogP contribution in [0.25, 0.3) is 0 Å². The van der Waals surface area contributed by atoms with E-state index >= 15 is 0 Å². The first-order chi connectivity index (χ1) is 6.17. The van der Waals surface area contributed by atoms with Crippen molar-refractivity contribution in [3.63, 3.8) is 0 Å². The summed E-state index contributed by atoms with van der Waals surface area (Å²) in [6.07, 6.45) is 2.69. The smallest absolute Gasteiger partial charge is 0.311 e. The number of aliphatic hydroxyl groups is 1. The van der Waals surface area contributed by atoms with E-state index < -0.39 is 6.10 Å². The lowest BCUT2D eigenvalue weighted by Crippen LogP contribution is -2.29. The van der Waals surface area contributed by atoms with E-state index in [-0.39, 0.29) is 11.9 Å². The molecule has 0 radical (unpaired) electrons. The number of carbonyl (C=O) groups is 1. The molecule has 4 heteroatoms. The lowest BCUT2D eigenvalue weighted by molar-refractivity contribution is -0.149. The molecule has 0 aliphatic heterocycles. The molecule has 0 saturated carbocycles. The second-order valence-corrected chi connectivity index (χ2v) is 3.87. The molecule has 0 saturated heterocycles. The third-order valence-electron chi connectivity index (χ3n) is 2.03. The number of thioether (sulfide) groups is 1. The van der Waals surface area contributed by atoms with Crippen molar-refractivity contribution in [2.75, 3.05) is 19.1 Å². The topological polar surface area (TPSA) is 46.5 Å². The second-order valence-electron chi connectivity index (χ2n) is 2.89. The van der Waals surface area contributed by atoms with Crippen LogP contribution in [0.2, 0.25) is 0 Å². The van der Waals surface area contributed by atoms with Crippen LogP contribution in [0.5, 0.6) is 0 Å². The summed E-state index contributed by atoms with van der Waals surface area (Å²) in [4.78, 5) is 11.2. The summed E-state index contributed by atoms with van der Waals surface area (Å²) in [6.45, 7) is 1.88. The maximum atomic E-state index is 11.2. The predicted octanol–water partition coefficient (Wildman–Crippen LogP) is 1.30. The van der Waals surface area contributed by atoms with E-state index in [9.17, 15) is 9.90 Å². The van der Waals surface area contributed by atoms with Gasteiger partial charge in [-0.05, 0) is 24.9 Å². The molecular weight excluding hydrogens is 188 g/mol. The van der Waals surface area contributed by atoms with Crippen molar-refractivity contribution >= 4 is 17.7 Å². The molecule has 0 aromatic rings. The Bertz CT molecular complexity index is 150. The Morgan fingerprint density at radius 3 is 2.62 bits per heavy atom. The van der Waals surface area contributed by atoms with E-state index in [0.717, 1.165) is 5.75 Å². The van der Waals surface area contributed by atoms with Crippen LogP contribution < -0.4 is 0 Å². The number of aliphatic hydroxyl groups excluding tert-OH is 1. The number of methoxy groups -OCH3 is 1. The van der Waals surface area contributed by atoms with Crippen LogP contribution in [0, 0.1) is 5.92 Å². The second kappa shape index (κ2) is 7.21. The molecule has 0 heterocycles. The van der Waals surface area contributed by atoms with Gasteiger partial charge in [-0.2, -0.15) is 11.8 Å². The average Bonchev–Trinajstić information content (AvgIpc) is 2.15. The van der Waals surface area contributed by atoms with Crippen LogP contribution >= 0.6 is 11.8 Å². The lowest BCUT2D eigenvalue weighted by atomic mass is 9.98. The van der Waals surface area contributed by atoms with E-state index in [4.69, 9.17) is 0 Å². The molecule has 2 atom stereocenters. The van der Waals surface area contributed by atoms with Crippen molar-refractivity contribution in [1.29, 1.82) is 0 Å². The molecule has 0 aromatic heterocycles. The van der Waals surface area contributed by atoms with Crippen molar-refractivity contribution in [1.82, 2.24) is 0 Å². The molecular formula is C9H18O3S. The molecule has 0 rings (SSSR count). The molecule has 0 fully saturated rings. The van der Waals surface area contributed by atoms with Gasteiger partial charge in [0.1, 0.15) is 0 Å². The zero-order valence-electron chi connectivity index (χ0n) is 8.45. The van der Waals surface area contributed by atoms with E-state index in [1.165, 1.54) is 7.11 Å². The number of hydrogen-bond donors (Lipinski definition) is 1. The Labute approximate surface area is 83.9 Å². The van der Waals surface area contributed by atoms with Gasteiger partial charge in [0.05, 0.1) is 19.1 Å². The molecule has 0 spiro atoms. The van der Waals surface area contributed by atoms with Gasteiger partial charge in [0.25, 0.3) is 0 Å². The van der Waals surface area contributed by atoms with Gasteiger partial charge in [-0.15, -0.1) is 0 Å². The Morgan fingerprint density at radius 2 is 2.23 bits per heavy atom. The zero-order chi connectivity index (χ0) is 10.3. The van der Waals surface area contributed by atoms with E-state index in [1.807, 2.05) is 13.2 Å². The van der Waals surface area contributed by atoms with Crippen LogP contribution in [-0.4, -0.2) is 36.3 Å². The molecule has 0 bridgehead atoms. The SMILES string of the molecule is CCC(C(=O)OC)C(O)CCSC. The van der Waals surface area contributed by atoms with E-state index in [1.54, 1.807) is 11.8 Å². The molecule has 13 heavy (non-hydrogen) atoms. The first-order valence-electron chi connectivity index (χ1n) is 4.42. The van der Waals surface area contributed by atoms with Crippen molar-refractivity contribution in [2.45, 2.75) is 25.9 Å². The fourth-order valence-electron chi connectivity index (χ4n) is 1.19. The van der Waals surface area contributed by atoms with Gasteiger partial charge < -0.3 is 9.84 Å². The summed E-state index contributed by atoms with van der Waals surface area (Å²) in [7, 11) is 1.35. The summed E-state index contributed by atoms with van der Waals surface area (Å²) < 4.78 is 4.60. The molecule has 2 unspecified atom stereocenters. The minimum atomic E-state index is -0.565. The summed E-state index contributed by atoms with van der Waals surface area (Å²) in [5, 5.41) is 9.63. The number of carbonyl (C=O) groups excluding carboxylic acids is 1. The normalized spacial score (nSPS) is 15.1. The molecule has 0 aliphatic carbocycles. The molecule has 0 aliphatic rings. The summed E-state index contributed by atoms with van der Waals surface area (Å²) in [5.41, 5.74) is 0. The Balaban J connectivity index is 3.98. The first kappa shape index (κ1) is 12.8. The molecule has 0 aromatic carbocycles. The zero-order valence-corrected chi connectivity index (χ0v) is 9.26. The maximum Gasteiger partial charge on any atom is 0.311 e. The van der Waals surface area contributed by atoms with Crippen LogP contribution in [0.3, 0.4) is 0 Å². The first-order valence-corrected chi connectivity index (χ1v) is 5.81. The lowest BCUT2D eigenvalue weighted by Gasteiger charge is -2.18. The maximum absolute atomic E-state index is 11.2. The van der Waals surface area contributed by atoms with Gasteiger partial charge in [0.15, 0.2) is 0 Å².